The molecule has 3 aromatic rings. The third kappa shape index (κ3) is 4.34. The van der Waals surface area contributed by atoms with Crippen molar-refractivity contribution in [2.45, 2.75) is 64.1 Å². The van der Waals surface area contributed by atoms with Gasteiger partial charge in [-0.05, 0) is 57.6 Å². The van der Waals surface area contributed by atoms with Crippen molar-refractivity contribution in [1.82, 2.24) is 19.7 Å². The fourth-order valence-electron chi connectivity index (χ4n) is 4.95. The quantitative estimate of drug-likeness (QED) is 0.586. The number of fused-ring (bicyclic) bond motifs is 1. The lowest BCUT2D eigenvalue weighted by Gasteiger charge is -2.29. The number of rotatable bonds is 6. The maximum Gasteiger partial charge on any atom is 0.250 e. The highest BCUT2D eigenvalue weighted by atomic mass is 19.1. The first-order valence-electron chi connectivity index (χ1n) is 11.9. The highest BCUT2D eigenvalue weighted by molar-refractivity contribution is 5.91. The van der Waals surface area contributed by atoms with E-state index in [-0.39, 0.29) is 29.9 Å². The average Bonchev–Trinajstić information content (AvgIpc) is 3.41. The first kappa shape index (κ1) is 21.9. The minimum Gasteiger partial charge on any atom is -0.472 e. The van der Waals surface area contributed by atoms with Crippen LogP contribution >= 0.6 is 0 Å². The van der Waals surface area contributed by atoms with Crippen LogP contribution in [-0.2, 0) is 0 Å². The van der Waals surface area contributed by atoms with Gasteiger partial charge in [-0.25, -0.2) is 14.4 Å². The van der Waals surface area contributed by atoms with Gasteiger partial charge in [0.05, 0.1) is 16.9 Å². The molecule has 1 saturated heterocycles. The molecule has 4 heterocycles. The Bertz CT molecular complexity index is 1130. The SMILES string of the molecule is CCNc1cc2c(cn1)c(N1CC[C@H](N)C1)nn2C1CCC(Oc2nccc(C)c2F)CC1. The van der Waals surface area contributed by atoms with Crippen molar-refractivity contribution in [3.05, 3.63) is 35.9 Å². The van der Waals surface area contributed by atoms with E-state index in [2.05, 4.69) is 37.9 Å². The first-order chi connectivity index (χ1) is 16.0. The highest BCUT2D eigenvalue weighted by Gasteiger charge is 2.30. The third-order valence-electron chi connectivity index (χ3n) is 6.77. The van der Waals surface area contributed by atoms with Crippen molar-refractivity contribution in [2.75, 3.05) is 29.9 Å². The molecular formula is C24H32FN7O. The Balaban J connectivity index is 1.37. The molecule has 1 aliphatic heterocycles. The standard InChI is InChI=1S/C24H32FN7O/c1-3-27-21-12-20-19(13-29-21)23(31-11-9-16(26)14-31)30-32(20)17-4-6-18(7-5-17)33-24-22(25)15(2)8-10-28-24/h8,10,12-13,16-18H,3-7,9,11,14,26H2,1-2H3,(H,27,29)/t16-,17?,18?/m0/s1. The number of anilines is 2. The zero-order valence-corrected chi connectivity index (χ0v) is 19.3. The molecule has 1 aliphatic carbocycles. The molecule has 0 aromatic carbocycles. The molecule has 8 nitrogen and oxygen atoms in total. The summed E-state index contributed by atoms with van der Waals surface area (Å²) in [7, 11) is 0. The van der Waals surface area contributed by atoms with E-state index in [1.807, 2.05) is 6.20 Å². The van der Waals surface area contributed by atoms with Gasteiger partial charge in [0.1, 0.15) is 11.9 Å². The molecule has 0 unspecified atom stereocenters. The number of nitrogens with two attached hydrogens (primary N) is 1. The van der Waals surface area contributed by atoms with Crippen LogP contribution in [0.25, 0.3) is 10.9 Å². The van der Waals surface area contributed by atoms with Gasteiger partial charge in [0.2, 0.25) is 0 Å². The van der Waals surface area contributed by atoms with Crippen LogP contribution in [0.1, 0.15) is 50.6 Å². The summed E-state index contributed by atoms with van der Waals surface area (Å²) >= 11 is 0. The van der Waals surface area contributed by atoms with E-state index < -0.39 is 0 Å². The maximum atomic E-state index is 14.3. The predicted molar refractivity (Wildman–Crippen MR) is 127 cm³/mol. The number of hydrogen-bond donors (Lipinski definition) is 2. The fraction of sp³-hybridized carbons (Fsp3) is 0.542. The van der Waals surface area contributed by atoms with Crippen LogP contribution in [0.15, 0.2) is 24.5 Å². The van der Waals surface area contributed by atoms with E-state index in [1.54, 1.807) is 19.2 Å². The molecule has 33 heavy (non-hydrogen) atoms. The Kier molecular flexibility index (Phi) is 6.05. The van der Waals surface area contributed by atoms with Crippen LogP contribution in [0.2, 0.25) is 0 Å². The molecule has 1 atom stereocenters. The molecule has 176 valence electrons. The molecule has 0 bridgehead atoms. The van der Waals surface area contributed by atoms with Gasteiger partial charge in [0, 0.05) is 44.1 Å². The zero-order chi connectivity index (χ0) is 22.9. The number of aromatic nitrogens is 4. The molecule has 0 amide bonds. The Morgan fingerprint density at radius 2 is 2.03 bits per heavy atom. The molecule has 1 saturated carbocycles. The monoisotopic (exact) mass is 453 g/mol. The van der Waals surface area contributed by atoms with Gasteiger partial charge in [-0.2, -0.15) is 5.10 Å². The number of nitrogens with zero attached hydrogens (tertiary/aromatic N) is 5. The van der Waals surface area contributed by atoms with Crippen molar-refractivity contribution in [3.8, 4) is 5.88 Å². The van der Waals surface area contributed by atoms with Crippen molar-refractivity contribution in [1.29, 1.82) is 0 Å². The summed E-state index contributed by atoms with van der Waals surface area (Å²) in [4.78, 5) is 11.0. The lowest BCUT2D eigenvalue weighted by atomic mass is 9.93. The van der Waals surface area contributed by atoms with Gasteiger partial charge in [0.25, 0.3) is 5.88 Å². The number of ether oxygens (including phenoxy) is 1. The summed E-state index contributed by atoms with van der Waals surface area (Å²) in [5.41, 5.74) is 7.81. The topological polar surface area (TPSA) is 94.1 Å². The van der Waals surface area contributed by atoms with Gasteiger partial charge in [-0.1, -0.05) is 0 Å². The number of pyridine rings is 2. The van der Waals surface area contributed by atoms with Crippen molar-refractivity contribution in [2.24, 2.45) is 5.73 Å². The molecule has 9 heteroatoms. The Morgan fingerprint density at radius 3 is 2.76 bits per heavy atom. The van der Waals surface area contributed by atoms with E-state index in [9.17, 15) is 4.39 Å². The summed E-state index contributed by atoms with van der Waals surface area (Å²) < 4.78 is 22.4. The van der Waals surface area contributed by atoms with Crippen LogP contribution < -0.4 is 20.7 Å². The van der Waals surface area contributed by atoms with E-state index >= 15 is 0 Å². The number of hydrogen-bond acceptors (Lipinski definition) is 7. The van der Waals surface area contributed by atoms with Crippen LogP contribution in [0.3, 0.4) is 0 Å². The van der Waals surface area contributed by atoms with Crippen molar-refractivity contribution < 1.29 is 9.13 Å². The molecule has 5 rings (SSSR count). The number of aryl methyl sites for hydroxylation is 1. The minimum atomic E-state index is -0.366. The molecule has 2 fully saturated rings. The van der Waals surface area contributed by atoms with Gasteiger partial charge >= 0.3 is 0 Å². The molecule has 0 spiro atoms. The predicted octanol–water partition coefficient (Wildman–Crippen LogP) is 3.81. The van der Waals surface area contributed by atoms with E-state index in [0.717, 1.165) is 74.3 Å². The Morgan fingerprint density at radius 1 is 1.21 bits per heavy atom. The second kappa shape index (κ2) is 9.13. The normalized spacial score (nSPS) is 23.3. The van der Waals surface area contributed by atoms with Crippen LogP contribution in [0.5, 0.6) is 5.88 Å². The van der Waals surface area contributed by atoms with Gasteiger partial charge in [-0.3, -0.25) is 4.68 Å². The third-order valence-corrected chi connectivity index (χ3v) is 6.77. The number of nitrogens with one attached hydrogen (secondary N) is 1. The van der Waals surface area contributed by atoms with Crippen molar-refractivity contribution in [3.63, 3.8) is 0 Å². The first-order valence-corrected chi connectivity index (χ1v) is 11.9. The van der Waals surface area contributed by atoms with Gasteiger partial charge < -0.3 is 20.7 Å². The summed E-state index contributed by atoms with van der Waals surface area (Å²) in [6.45, 7) is 6.33. The molecular weight excluding hydrogens is 421 g/mol. The lowest BCUT2D eigenvalue weighted by Crippen LogP contribution is -2.28. The van der Waals surface area contributed by atoms with E-state index in [0.29, 0.717) is 5.56 Å². The maximum absolute atomic E-state index is 14.3. The zero-order valence-electron chi connectivity index (χ0n) is 19.3. The average molecular weight is 454 g/mol. The highest BCUT2D eigenvalue weighted by Crippen LogP contribution is 2.37. The second-order valence-corrected chi connectivity index (χ2v) is 9.18. The summed E-state index contributed by atoms with van der Waals surface area (Å²) in [6, 6.07) is 4.19. The molecule has 3 N–H and O–H groups in total. The van der Waals surface area contributed by atoms with Gasteiger partial charge in [-0.15, -0.1) is 0 Å². The summed E-state index contributed by atoms with van der Waals surface area (Å²) in [6.07, 6.45) is 7.94. The van der Waals surface area contributed by atoms with Crippen LogP contribution in [0, 0.1) is 12.7 Å². The Labute approximate surface area is 193 Å². The van der Waals surface area contributed by atoms with Gasteiger partial charge in [0.15, 0.2) is 11.6 Å². The van der Waals surface area contributed by atoms with E-state index in [4.69, 9.17) is 15.6 Å². The number of halogens is 1. The Hall–Kier alpha value is -2.94. The second-order valence-electron chi connectivity index (χ2n) is 9.18. The van der Waals surface area contributed by atoms with Crippen LogP contribution in [-0.4, -0.2) is 51.5 Å². The largest absolute Gasteiger partial charge is 0.472 e. The fourth-order valence-corrected chi connectivity index (χ4v) is 4.95. The minimum absolute atomic E-state index is 0.0399. The molecule has 2 aliphatic rings. The summed E-state index contributed by atoms with van der Waals surface area (Å²) in [5.74, 6) is 1.57. The lowest BCUT2D eigenvalue weighted by molar-refractivity contribution is 0.120. The smallest absolute Gasteiger partial charge is 0.250 e. The van der Waals surface area contributed by atoms with Crippen molar-refractivity contribution >= 4 is 22.5 Å². The van der Waals surface area contributed by atoms with Crippen LogP contribution in [0.4, 0.5) is 16.0 Å². The molecule has 0 radical (unpaired) electrons. The summed E-state index contributed by atoms with van der Waals surface area (Å²) in [5, 5.41) is 9.45. The van der Waals surface area contributed by atoms with E-state index in [1.165, 1.54) is 0 Å². The molecule has 3 aromatic heterocycles.